The van der Waals surface area contributed by atoms with Crippen molar-refractivity contribution in [3.63, 3.8) is 0 Å². The Morgan fingerprint density at radius 3 is 2.67 bits per heavy atom. The number of methoxy groups -OCH3 is 1. The molecule has 4 nitrogen and oxygen atoms in total. The number of benzene rings is 2. The summed E-state index contributed by atoms with van der Waals surface area (Å²) >= 11 is 0. The number of carbonyl (C=O) groups is 1. The second-order valence-electron chi connectivity index (χ2n) is 4.67. The third-order valence-electron chi connectivity index (χ3n) is 3.35. The van der Waals surface area contributed by atoms with Crippen LogP contribution in [0.15, 0.2) is 59.4 Å². The van der Waals surface area contributed by atoms with Gasteiger partial charge < -0.3 is 9.72 Å². The summed E-state index contributed by atoms with van der Waals surface area (Å²) in [7, 11) is 1.33. The van der Waals surface area contributed by atoms with Gasteiger partial charge in [0.1, 0.15) is 0 Å². The fourth-order valence-corrected chi connectivity index (χ4v) is 2.29. The lowest BCUT2D eigenvalue weighted by molar-refractivity contribution is 0.0601. The van der Waals surface area contributed by atoms with Gasteiger partial charge in [-0.2, -0.15) is 0 Å². The van der Waals surface area contributed by atoms with Crippen LogP contribution in [0.2, 0.25) is 0 Å². The van der Waals surface area contributed by atoms with Crippen molar-refractivity contribution in [2.75, 3.05) is 7.11 Å². The smallest absolute Gasteiger partial charge is 0.337 e. The van der Waals surface area contributed by atoms with E-state index in [2.05, 4.69) is 4.98 Å². The Bertz CT molecular complexity index is 880. The Hall–Kier alpha value is -2.88. The Morgan fingerprint density at radius 1 is 1.05 bits per heavy atom. The van der Waals surface area contributed by atoms with Crippen molar-refractivity contribution in [1.82, 2.24) is 4.98 Å². The summed E-state index contributed by atoms with van der Waals surface area (Å²) < 4.78 is 4.70. The standard InChI is InChI=1S/C17H13NO3/c1-21-17(20)13-7-4-6-11(9-13)14-10-12-5-2-3-8-15(12)18-16(14)19/h2-10H,1H3,(H,18,19). The van der Waals surface area contributed by atoms with Crippen LogP contribution in [0.4, 0.5) is 0 Å². The minimum Gasteiger partial charge on any atom is -0.465 e. The summed E-state index contributed by atoms with van der Waals surface area (Å²) in [6.45, 7) is 0. The van der Waals surface area contributed by atoms with Crippen LogP contribution in [0.5, 0.6) is 0 Å². The van der Waals surface area contributed by atoms with Gasteiger partial charge >= 0.3 is 5.97 Å². The van der Waals surface area contributed by atoms with Gasteiger partial charge in [-0.05, 0) is 35.2 Å². The van der Waals surface area contributed by atoms with E-state index in [0.29, 0.717) is 16.7 Å². The first-order valence-electron chi connectivity index (χ1n) is 6.50. The SMILES string of the molecule is COC(=O)c1cccc(-c2cc3ccccc3[nH]c2=O)c1. The van der Waals surface area contributed by atoms with E-state index in [-0.39, 0.29) is 5.56 Å². The molecule has 21 heavy (non-hydrogen) atoms. The molecule has 0 aliphatic rings. The van der Waals surface area contributed by atoms with Crippen LogP contribution in [-0.4, -0.2) is 18.1 Å². The highest BCUT2D eigenvalue weighted by molar-refractivity contribution is 5.91. The molecule has 3 rings (SSSR count). The quantitative estimate of drug-likeness (QED) is 0.734. The molecular weight excluding hydrogens is 266 g/mol. The van der Waals surface area contributed by atoms with Crippen LogP contribution in [0.25, 0.3) is 22.0 Å². The zero-order valence-electron chi connectivity index (χ0n) is 11.4. The fourth-order valence-electron chi connectivity index (χ4n) is 2.29. The van der Waals surface area contributed by atoms with Crippen molar-refractivity contribution in [2.24, 2.45) is 0 Å². The molecule has 1 heterocycles. The van der Waals surface area contributed by atoms with E-state index in [4.69, 9.17) is 4.74 Å². The van der Waals surface area contributed by atoms with E-state index in [1.807, 2.05) is 30.3 Å². The molecule has 0 aliphatic carbocycles. The number of fused-ring (bicyclic) bond motifs is 1. The molecule has 0 atom stereocenters. The molecule has 0 unspecified atom stereocenters. The molecule has 0 bridgehead atoms. The summed E-state index contributed by atoms with van der Waals surface area (Å²) in [6, 6.07) is 16.2. The maximum Gasteiger partial charge on any atom is 0.337 e. The highest BCUT2D eigenvalue weighted by atomic mass is 16.5. The third kappa shape index (κ3) is 2.43. The van der Waals surface area contributed by atoms with E-state index < -0.39 is 5.97 Å². The maximum atomic E-state index is 12.2. The number of aromatic amines is 1. The van der Waals surface area contributed by atoms with Crippen LogP contribution in [-0.2, 0) is 4.74 Å². The van der Waals surface area contributed by atoms with Crippen LogP contribution in [0, 0.1) is 0 Å². The predicted octanol–water partition coefficient (Wildman–Crippen LogP) is 2.98. The zero-order valence-corrected chi connectivity index (χ0v) is 11.4. The summed E-state index contributed by atoms with van der Waals surface area (Å²) in [4.78, 5) is 26.6. The number of nitrogens with one attached hydrogen (secondary N) is 1. The first-order valence-corrected chi connectivity index (χ1v) is 6.50. The Labute approximate surface area is 121 Å². The fraction of sp³-hybridized carbons (Fsp3) is 0.0588. The average molecular weight is 279 g/mol. The molecule has 0 amide bonds. The van der Waals surface area contributed by atoms with E-state index in [9.17, 15) is 9.59 Å². The van der Waals surface area contributed by atoms with E-state index in [1.165, 1.54) is 7.11 Å². The Kier molecular flexibility index (Phi) is 3.28. The van der Waals surface area contributed by atoms with Crippen molar-refractivity contribution in [3.8, 4) is 11.1 Å². The van der Waals surface area contributed by atoms with Gasteiger partial charge in [-0.15, -0.1) is 0 Å². The number of carbonyl (C=O) groups excluding carboxylic acids is 1. The number of hydrogen-bond donors (Lipinski definition) is 1. The second kappa shape index (κ2) is 5.25. The Balaban J connectivity index is 2.18. The van der Waals surface area contributed by atoms with Crippen molar-refractivity contribution < 1.29 is 9.53 Å². The topological polar surface area (TPSA) is 59.2 Å². The first kappa shape index (κ1) is 13.1. The minimum absolute atomic E-state index is 0.185. The lowest BCUT2D eigenvalue weighted by Gasteiger charge is -2.05. The molecule has 4 heteroatoms. The Morgan fingerprint density at radius 2 is 1.86 bits per heavy atom. The van der Waals surface area contributed by atoms with Gasteiger partial charge in [0.05, 0.1) is 12.7 Å². The predicted molar refractivity (Wildman–Crippen MR) is 81.3 cm³/mol. The average Bonchev–Trinajstić information content (AvgIpc) is 2.53. The van der Waals surface area contributed by atoms with Crippen LogP contribution < -0.4 is 5.56 Å². The molecule has 0 spiro atoms. The summed E-state index contributed by atoms with van der Waals surface area (Å²) in [5, 5.41) is 0.940. The van der Waals surface area contributed by atoms with Gasteiger partial charge in [0.2, 0.25) is 0 Å². The number of pyridine rings is 1. The van der Waals surface area contributed by atoms with Crippen LogP contribution in [0.1, 0.15) is 10.4 Å². The molecule has 0 radical (unpaired) electrons. The molecule has 1 aromatic heterocycles. The number of rotatable bonds is 2. The highest BCUT2D eigenvalue weighted by Gasteiger charge is 2.09. The third-order valence-corrected chi connectivity index (χ3v) is 3.35. The molecule has 0 fully saturated rings. The maximum absolute atomic E-state index is 12.2. The molecule has 104 valence electrons. The minimum atomic E-state index is -0.422. The largest absolute Gasteiger partial charge is 0.465 e. The molecule has 0 saturated carbocycles. The number of hydrogen-bond acceptors (Lipinski definition) is 3. The molecule has 0 saturated heterocycles. The van der Waals surface area contributed by atoms with E-state index >= 15 is 0 Å². The van der Waals surface area contributed by atoms with Gasteiger partial charge in [0.15, 0.2) is 0 Å². The number of esters is 1. The molecule has 1 N–H and O–H groups in total. The lowest BCUT2D eigenvalue weighted by atomic mass is 10.0. The molecule has 2 aromatic carbocycles. The number of aromatic nitrogens is 1. The van der Waals surface area contributed by atoms with Crippen molar-refractivity contribution in [2.45, 2.75) is 0 Å². The van der Waals surface area contributed by atoms with Gasteiger partial charge in [0.25, 0.3) is 5.56 Å². The van der Waals surface area contributed by atoms with E-state index in [1.54, 1.807) is 24.3 Å². The van der Waals surface area contributed by atoms with Gasteiger partial charge in [-0.1, -0.05) is 30.3 Å². The first-order chi connectivity index (χ1) is 10.2. The van der Waals surface area contributed by atoms with Crippen molar-refractivity contribution >= 4 is 16.9 Å². The lowest BCUT2D eigenvalue weighted by Crippen LogP contribution is -2.09. The van der Waals surface area contributed by atoms with Gasteiger partial charge in [0, 0.05) is 11.1 Å². The molecular formula is C17H13NO3. The van der Waals surface area contributed by atoms with E-state index in [0.717, 1.165) is 10.9 Å². The van der Waals surface area contributed by atoms with Crippen molar-refractivity contribution in [3.05, 3.63) is 70.5 Å². The van der Waals surface area contributed by atoms with Crippen molar-refractivity contribution in [1.29, 1.82) is 0 Å². The summed E-state index contributed by atoms with van der Waals surface area (Å²) in [5.74, 6) is -0.422. The molecule has 0 aliphatic heterocycles. The molecule has 3 aromatic rings. The second-order valence-corrected chi connectivity index (χ2v) is 4.67. The number of ether oxygens (including phenoxy) is 1. The number of para-hydroxylation sites is 1. The highest BCUT2D eigenvalue weighted by Crippen LogP contribution is 2.20. The zero-order chi connectivity index (χ0) is 14.8. The van der Waals surface area contributed by atoms with Gasteiger partial charge in [-0.3, -0.25) is 4.79 Å². The summed E-state index contributed by atoms with van der Waals surface area (Å²) in [5.41, 5.74) is 2.23. The monoisotopic (exact) mass is 279 g/mol. The van der Waals surface area contributed by atoms with Crippen LogP contribution in [0.3, 0.4) is 0 Å². The van der Waals surface area contributed by atoms with Gasteiger partial charge in [-0.25, -0.2) is 4.79 Å². The van der Waals surface area contributed by atoms with Crippen LogP contribution >= 0.6 is 0 Å². The summed E-state index contributed by atoms with van der Waals surface area (Å²) in [6.07, 6.45) is 0. The number of H-pyrrole nitrogens is 1. The normalized spacial score (nSPS) is 10.5.